The monoisotopic (exact) mass is 573 g/mol. The summed E-state index contributed by atoms with van der Waals surface area (Å²) in [6, 6.07) is 12.4. The maximum Gasteiger partial charge on any atom is 0.242 e. The minimum atomic E-state index is -3.75. The highest BCUT2D eigenvalue weighted by molar-refractivity contribution is 7.89. The summed E-state index contributed by atoms with van der Waals surface area (Å²) < 4.78 is 34.5. The summed E-state index contributed by atoms with van der Waals surface area (Å²) in [7, 11) is -1.62. The van der Waals surface area contributed by atoms with Crippen LogP contribution in [0.4, 0.5) is 28.8 Å². The Morgan fingerprint density at radius 1 is 0.974 bits per heavy atom. The van der Waals surface area contributed by atoms with Crippen LogP contribution < -0.4 is 25.0 Å². The van der Waals surface area contributed by atoms with Crippen LogP contribution in [-0.4, -0.2) is 68.7 Å². The Morgan fingerprint density at radius 2 is 1.69 bits per heavy atom. The lowest BCUT2D eigenvalue weighted by molar-refractivity contribution is 0.243. The summed E-state index contributed by atoms with van der Waals surface area (Å²) in [5.74, 6) is 1.23. The first-order valence-corrected chi connectivity index (χ1v) is 14.8. The quantitative estimate of drug-likeness (QED) is 0.313. The van der Waals surface area contributed by atoms with E-state index in [4.69, 9.17) is 16.3 Å². The number of hydrogen-bond acceptors (Lipinski definition) is 9. The second kappa shape index (κ2) is 12.4. The maximum absolute atomic E-state index is 12.9. The smallest absolute Gasteiger partial charge is 0.242 e. The minimum Gasteiger partial charge on any atom is -0.489 e. The van der Waals surface area contributed by atoms with Gasteiger partial charge < -0.3 is 25.2 Å². The van der Waals surface area contributed by atoms with Crippen LogP contribution in [0, 0.1) is 0 Å². The number of hydrogen-bond donors (Lipinski definition) is 3. The first-order chi connectivity index (χ1) is 18.5. The number of nitrogens with zero attached hydrogens (tertiary/aromatic N) is 4. The van der Waals surface area contributed by atoms with Gasteiger partial charge in [0.1, 0.15) is 15.7 Å². The Labute approximate surface area is 235 Å². The molecule has 3 N–H and O–H groups in total. The molecule has 12 heteroatoms. The molecule has 0 radical (unpaired) electrons. The standard InChI is InChI=1S/C27H36ClN7O3S/c1-18(2)33-39(36,37)25-9-7-6-8-23(25)30-26-21(28)17-29-27(32-26)31-22-11-10-20(16-24(22)38-19(3)4)35-14-12-34(5)13-15-35/h6-11,16-19,33H,12-15H2,1-5H3,(H2,29,30,31,32). The highest BCUT2D eigenvalue weighted by Gasteiger charge is 2.21. The molecule has 0 bridgehead atoms. The van der Waals surface area contributed by atoms with Crippen molar-refractivity contribution in [1.29, 1.82) is 0 Å². The number of piperazine rings is 1. The van der Waals surface area contributed by atoms with Crippen molar-refractivity contribution in [3.8, 4) is 5.75 Å². The van der Waals surface area contributed by atoms with E-state index in [0.29, 0.717) is 17.1 Å². The summed E-state index contributed by atoms with van der Waals surface area (Å²) in [6.45, 7) is 11.4. The molecular weight excluding hydrogens is 538 g/mol. The Morgan fingerprint density at radius 3 is 2.38 bits per heavy atom. The second-order valence-electron chi connectivity index (χ2n) is 10.0. The molecule has 0 saturated carbocycles. The van der Waals surface area contributed by atoms with Gasteiger partial charge in [0.15, 0.2) is 5.82 Å². The van der Waals surface area contributed by atoms with Gasteiger partial charge in [0.05, 0.1) is 23.7 Å². The van der Waals surface area contributed by atoms with E-state index >= 15 is 0 Å². The number of nitrogens with one attached hydrogen (secondary N) is 3. The van der Waals surface area contributed by atoms with Crippen LogP contribution in [0.2, 0.25) is 5.02 Å². The van der Waals surface area contributed by atoms with Crippen molar-refractivity contribution in [2.75, 3.05) is 48.8 Å². The largest absolute Gasteiger partial charge is 0.489 e. The van der Waals surface area contributed by atoms with Gasteiger partial charge in [-0.2, -0.15) is 4.98 Å². The fourth-order valence-corrected chi connectivity index (χ4v) is 5.72. The van der Waals surface area contributed by atoms with Crippen LogP contribution in [0.1, 0.15) is 27.7 Å². The van der Waals surface area contributed by atoms with E-state index in [1.54, 1.807) is 32.0 Å². The molecule has 0 aliphatic carbocycles. The molecule has 1 fully saturated rings. The first-order valence-electron chi connectivity index (χ1n) is 12.9. The van der Waals surface area contributed by atoms with Gasteiger partial charge in [-0.15, -0.1) is 0 Å². The van der Waals surface area contributed by atoms with Gasteiger partial charge in [0.25, 0.3) is 0 Å². The molecule has 0 amide bonds. The van der Waals surface area contributed by atoms with Gasteiger partial charge in [0, 0.05) is 44.0 Å². The van der Waals surface area contributed by atoms with Gasteiger partial charge in [-0.1, -0.05) is 23.7 Å². The highest BCUT2D eigenvalue weighted by atomic mass is 35.5. The van der Waals surface area contributed by atoms with E-state index < -0.39 is 10.0 Å². The number of anilines is 5. The summed E-state index contributed by atoms with van der Waals surface area (Å²) in [6.07, 6.45) is 1.43. The fraction of sp³-hybridized carbons (Fsp3) is 0.407. The molecule has 0 atom stereocenters. The Hall–Kier alpha value is -3.12. The first kappa shape index (κ1) is 28.9. The minimum absolute atomic E-state index is 0.0328. The third kappa shape index (κ3) is 7.51. The molecule has 1 saturated heterocycles. The summed E-state index contributed by atoms with van der Waals surface area (Å²) >= 11 is 6.40. The number of likely N-dealkylation sites (N-methyl/N-ethyl adjacent to an activating group) is 1. The molecule has 1 aliphatic rings. The van der Waals surface area contributed by atoms with Gasteiger partial charge in [-0.3, -0.25) is 0 Å². The van der Waals surface area contributed by atoms with Crippen LogP contribution in [-0.2, 0) is 10.0 Å². The molecular formula is C27H36ClN7O3S. The highest BCUT2D eigenvalue weighted by Crippen LogP contribution is 2.34. The van der Waals surface area contributed by atoms with E-state index in [-0.39, 0.29) is 33.8 Å². The number of para-hydroxylation sites is 1. The molecule has 1 aromatic heterocycles. The molecule has 4 rings (SSSR count). The summed E-state index contributed by atoms with van der Waals surface area (Å²) in [4.78, 5) is 13.6. The molecule has 2 heterocycles. The van der Waals surface area contributed by atoms with Crippen molar-refractivity contribution >= 4 is 50.5 Å². The number of ether oxygens (including phenoxy) is 1. The third-order valence-electron chi connectivity index (χ3n) is 6.01. The number of aromatic nitrogens is 2. The van der Waals surface area contributed by atoms with Crippen molar-refractivity contribution in [2.24, 2.45) is 0 Å². The van der Waals surface area contributed by atoms with Crippen molar-refractivity contribution in [1.82, 2.24) is 19.6 Å². The van der Waals surface area contributed by atoms with Gasteiger partial charge >= 0.3 is 0 Å². The molecule has 0 unspecified atom stereocenters. The molecule has 0 spiro atoms. The number of benzene rings is 2. The molecule has 3 aromatic rings. The topological polar surface area (TPSA) is 112 Å². The van der Waals surface area contributed by atoms with E-state index in [9.17, 15) is 8.42 Å². The van der Waals surface area contributed by atoms with Crippen molar-refractivity contribution in [2.45, 2.75) is 44.7 Å². The Balaban J connectivity index is 1.60. The molecule has 2 aromatic carbocycles. The third-order valence-corrected chi connectivity index (χ3v) is 8.00. The SMILES string of the molecule is CC(C)NS(=O)(=O)c1ccccc1Nc1nc(Nc2ccc(N3CCN(C)CC3)cc2OC(C)C)ncc1Cl. The second-order valence-corrected chi connectivity index (χ2v) is 12.1. The zero-order valence-electron chi connectivity index (χ0n) is 22.9. The molecule has 10 nitrogen and oxygen atoms in total. The van der Waals surface area contributed by atoms with Crippen LogP contribution in [0.25, 0.3) is 0 Å². The fourth-order valence-electron chi connectivity index (χ4n) is 4.17. The van der Waals surface area contributed by atoms with E-state index in [1.165, 1.54) is 12.3 Å². The van der Waals surface area contributed by atoms with Crippen LogP contribution >= 0.6 is 11.6 Å². The maximum atomic E-state index is 12.9. The van der Waals surface area contributed by atoms with Gasteiger partial charge in [-0.25, -0.2) is 18.1 Å². The average Bonchev–Trinajstić information content (AvgIpc) is 2.87. The predicted molar refractivity (Wildman–Crippen MR) is 157 cm³/mol. The number of halogens is 1. The van der Waals surface area contributed by atoms with Crippen LogP contribution in [0.5, 0.6) is 5.75 Å². The van der Waals surface area contributed by atoms with Gasteiger partial charge in [-0.05, 0) is 59.0 Å². The molecule has 39 heavy (non-hydrogen) atoms. The normalized spacial score (nSPS) is 14.6. The summed E-state index contributed by atoms with van der Waals surface area (Å²) in [5, 5.41) is 6.55. The molecule has 210 valence electrons. The van der Waals surface area contributed by atoms with Crippen molar-refractivity contribution in [3.05, 3.63) is 53.7 Å². The number of rotatable bonds is 10. The van der Waals surface area contributed by atoms with E-state index in [1.807, 2.05) is 26.0 Å². The zero-order valence-corrected chi connectivity index (χ0v) is 24.5. The van der Waals surface area contributed by atoms with E-state index in [0.717, 1.165) is 31.9 Å². The number of sulfonamides is 1. The van der Waals surface area contributed by atoms with Crippen molar-refractivity contribution < 1.29 is 13.2 Å². The van der Waals surface area contributed by atoms with E-state index in [2.05, 4.69) is 48.2 Å². The lowest BCUT2D eigenvalue weighted by Gasteiger charge is -2.34. The average molecular weight is 574 g/mol. The zero-order chi connectivity index (χ0) is 28.2. The van der Waals surface area contributed by atoms with Crippen LogP contribution in [0.3, 0.4) is 0 Å². The lowest BCUT2D eigenvalue weighted by atomic mass is 10.2. The Bertz CT molecular complexity index is 1390. The lowest BCUT2D eigenvalue weighted by Crippen LogP contribution is -2.44. The Kier molecular flexibility index (Phi) is 9.16. The van der Waals surface area contributed by atoms with Crippen molar-refractivity contribution in [3.63, 3.8) is 0 Å². The van der Waals surface area contributed by atoms with Gasteiger partial charge in [0.2, 0.25) is 16.0 Å². The predicted octanol–water partition coefficient (Wildman–Crippen LogP) is 4.84. The summed E-state index contributed by atoms with van der Waals surface area (Å²) in [5.41, 5.74) is 2.15. The molecule has 1 aliphatic heterocycles. The van der Waals surface area contributed by atoms with Crippen LogP contribution in [0.15, 0.2) is 53.6 Å².